The predicted octanol–water partition coefficient (Wildman–Crippen LogP) is 3.13. The predicted molar refractivity (Wildman–Crippen MR) is 73.4 cm³/mol. The molecular formula is C14H12BrNO2. The second-order valence-corrected chi connectivity index (χ2v) is 4.63. The molecule has 3 nitrogen and oxygen atoms in total. The number of benzene rings is 2. The number of carbonyl (C=O) groups is 1. The van der Waals surface area contributed by atoms with E-state index in [4.69, 9.17) is 10.5 Å². The lowest BCUT2D eigenvalue weighted by atomic mass is 10.1. The van der Waals surface area contributed by atoms with Crippen molar-refractivity contribution >= 4 is 21.8 Å². The van der Waals surface area contributed by atoms with Gasteiger partial charge in [-0.05, 0) is 45.8 Å². The van der Waals surface area contributed by atoms with Gasteiger partial charge in [-0.1, -0.05) is 24.3 Å². The fraction of sp³-hybridized carbons (Fsp3) is 0.0714. The Morgan fingerprint density at radius 2 is 1.78 bits per heavy atom. The number of amides is 1. The van der Waals surface area contributed by atoms with Crippen LogP contribution >= 0.6 is 15.9 Å². The number of carbonyl (C=O) groups excluding carboxylic acids is 1. The first-order chi connectivity index (χ1) is 8.66. The Hall–Kier alpha value is -1.81. The van der Waals surface area contributed by atoms with Gasteiger partial charge in [-0.2, -0.15) is 0 Å². The number of primary amides is 1. The maximum Gasteiger partial charge on any atom is 0.248 e. The second-order valence-electron chi connectivity index (χ2n) is 3.78. The number of halogens is 1. The average Bonchev–Trinajstić information content (AvgIpc) is 2.38. The molecule has 2 aromatic rings. The lowest BCUT2D eigenvalue weighted by molar-refractivity contribution is 0.1000. The number of rotatable bonds is 4. The van der Waals surface area contributed by atoms with Gasteiger partial charge in [0, 0.05) is 5.56 Å². The molecule has 2 N–H and O–H groups in total. The smallest absolute Gasteiger partial charge is 0.248 e. The molecule has 18 heavy (non-hydrogen) atoms. The Labute approximate surface area is 114 Å². The van der Waals surface area contributed by atoms with Crippen LogP contribution in [-0.4, -0.2) is 5.91 Å². The van der Waals surface area contributed by atoms with Gasteiger partial charge in [0.05, 0.1) is 4.47 Å². The van der Waals surface area contributed by atoms with Crippen molar-refractivity contribution in [3.05, 3.63) is 64.1 Å². The molecule has 0 heterocycles. The molecule has 0 atom stereocenters. The first-order valence-electron chi connectivity index (χ1n) is 5.43. The summed E-state index contributed by atoms with van der Waals surface area (Å²) in [5.41, 5.74) is 6.65. The minimum Gasteiger partial charge on any atom is -0.488 e. The van der Waals surface area contributed by atoms with Gasteiger partial charge in [0.15, 0.2) is 0 Å². The van der Waals surface area contributed by atoms with Gasteiger partial charge in [0.25, 0.3) is 0 Å². The molecule has 92 valence electrons. The fourth-order valence-corrected chi connectivity index (χ4v) is 1.89. The molecule has 0 fully saturated rings. The van der Waals surface area contributed by atoms with E-state index in [0.717, 1.165) is 15.8 Å². The zero-order chi connectivity index (χ0) is 13.0. The minimum atomic E-state index is -0.423. The maximum absolute atomic E-state index is 10.9. The summed E-state index contributed by atoms with van der Waals surface area (Å²) < 4.78 is 6.58. The zero-order valence-corrected chi connectivity index (χ0v) is 11.2. The SMILES string of the molecule is NC(=O)c1ccc(COc2ccccc2Br)cc1. The number of nitrogens with two attached hydrogens (primary N) is 1. The molecule has 0 unspecified atom stereocenters. The average molecular weight is 306 g/mol. The van der Waals surface area contributed by atoms with Crippen molar-refractivity contribution in [3.8, 4) is 5.75 Å². The van der Waals surface area contributed by atoms with Crippen LogP contribution in [0.25, 0.3) is 0 Å². The van der Waals surface area contributed by atoms with Gasteiger partial charge in [-0.25, -0.2) is 0 Å². The Morgan fingerprint density at radius 1 is 1.11 bits per heavy atom. The van der Waals surface area contributed by atoms with Crippen LogP contribution in [0.4, 0.5) is 0 Å². The first-order valence-corrected chi connectivity index (χ1v) is 6.22. The summed E-state index contributed by atoms with van der Waals surface area (Å²) in [4.78, 5) is 10.9. The number of hydrogen-bond acceptors (Lipinski definition) is 2. The molecule has 0 aromatic heterocycles. The zero-order valence-electron chi connectivity index (χ0n) is 9.60. The largest absolute Gasteiger partial charge is 0.488 e. The van der Waals surface area contributed by atoms with E-state index in [0.29, 0.717) is 12.2 Å². The van der Waals surface area contributed by atoms with E-state index in [1.54, 1.807) is 12.1 Å². The highest BCUT2D eigenvalue weighted by atomic mass is 79.9. The summed E-state index contributed by atoms with van der Waals surface area (Å²) in [5, 5.41) is 0. The molecule has 0 radical (unpaired) electrons. The number of hydrogen-bond donors (Lipinski definition) is 1. The molecule has 2 rings (SSSR count). The third-order valence-corrected chi connectivity index (χ3v) is 3.12. The Balaban J connectivity index is 2.02. The summed E-state index contributed by atoms with van der Waals surface area (Å²) in [6, 6.07) is 14.7. The van der Waals surface area contributed by atoms with Gasteiger partial charge < -0.3 is 10.5 Å². The van der Waals surface area contributed by atoms with Gasteiger partial charge >= 0.3 is 0 Å². The van der Waals surface area contributed by atoms with Crippen molar-refractivity contribution in [1.82, 2.24) is 0 Å². The molecule has 2 aromatic carbocycles. The molecule has 0 saturated carbocycles. The van der Waals surface area contributed by atoms with Gasteiger partial charge in [0.2, 0.25) is 5.91 Å². The molecular weight excluding hydrogens is 294 g/mol. The van der Waals surface area contributed by atoms with Crippen molar-refractivity contribution in [2.75, 3.05) is 0 Å². The van der Waals surface area contributed by atoms with E-state index < -0.39 is 5.91 Å². The molecule has 0 saturated heterocycles. The summed E-state index contributed by atoms with van der Waals surface area (Å²) in [5.74, 6) is 0.366. The number of ether oxygens (including phenoxy) is 1. The summed E-state index contributed by atoms with van der Waals surface area (Å²) >= 11 is 3.41. The van der Waals surface area contributed by atoms with E-state index in [-0.39, 0.29) is 0 Å². The molecule has 1 amide bonds. The topological polar surface area (TPSA) is 52.3 Å². The Bertz CT molecular complexity index is 552. The Kier molecular flexibility index (Phi) is 3.99. The third-order valence-electron chi connectivity index (χ3n) is 2.47. The highest BCUT2D eigenvalue weighted by molar-refractivity contribution is 9.10. The highest BCUT2D eigenvalue weighted by Crippen LogP contribution is 2.24. The highest BCUT2D eigenvalue weighted by Gasteiger charge is 2.02. The first kappa shape index (κ1) is 12.6. The van der Waals surface area contributed by atoms with Crippen LogP contribution in [0.15, 0.2) is 53.0 Å². The van der Waals surface area contributed by atoms with Crippen LogP contribution in [0.1, 0.15) is 15.9 Å². The molecule has 0 aliphatic heterocycles. The van der Waals surface area contributed by atoms with E-state index in [2.05, 4.69) is 15.9 Å². The van der Waals surface area contributed by atoms with Gasteiger partial charge in [-0.15, -0.1) is 0 Å². The summed E-state index contributed by atoms with van der Waals surface area (Å²) in [7, 11) is 0. The molecule has 0 aliphatic carbocycles. The molecule has 0 bridgehead atoms. The van der Waals surface area contributed by atoms with Crippen LogP contribution in [-0.2, 0) is 6.61 Å². The summed E-state index contributed by atoms with van der Waals surface area (Å²) in [6.45, 7) is 0.446. The van der Waals surface area contributed by atoms with Crippen LogP contribution in [0.3, 0.4) is 0 Å². The van der Waals surface area contributed by atoms with Crippen LogP contribution in [0.5, 0.6) is 5.75 Å². The quantitative estimate of drug-likeness (QED) is 0.943. The molecule has 4 heteroatoms. The Morgan fingerprint density at radius 3 is 2.39 bits per heavy atom. The standard InChI is InChI=1S/C14H12BrNO2/c15-12-3-1-2-4-13(12)18-9-10-5-7-11(8-6-10)14(16)17/h1-8H,9H2,(H2,16,17). The van der Waals surface area contributed by atoms with E-state index in [1.165, 1.54) is 0 Å². The van der Waals surface area contributed by atoms with Crippen molar-refractivity contribution < 1.29 is 9.53 Å². The van der Waals surface area contributed by atoms with Crippen molar-refractivity contribution in [2.45, 2.75) is 6.61 Å². The van der Waals surface area contributed by atoms with E-state index in [9.17, 15) is 4.79 Å². The maximum atomic E-state index is 10.9. The fourth-order valence-electron chi connectivity index (χ4n) is 1.49. The van der Waals surface area contributed by atoms with Crippen molar-refractivity contribution in [2.24, 2.45) is 5.73 Å². The lowest BCUT2D eigenvalue weighted by Crippen LogP contribution is -2.10. The number of para-hydroxylation sites is 1. The van der Waals surface area contributed by atoms with E-state index >= 15 is 0 Å². The van der Waals surface area contributed by atoms with Crippen molar-refractivity contribution in [1.29, 1.82) is 0 Å². The van der Waals surface area contributed by atoms with Crippen LogP contribution in [0.2, 0.25) is 0 Å². The molecule has 0 spiro atoms. The van der Waals surface area contributed by atoms with Gasteiger partial charge in [0.1, 0.15) is 12.4 Å². The second kappa shape index (κ2) is 5.69. The third kappa shape index (κ3) is 3.11. The van der Waals surface area contributed by atoms with E-state index in [1.807, 2.05) is 36.4 Å². The minimum absolute atomic E-state index is 0.423. The van der Waals surface area contributed by atoms with Crippen LogP contribution < -0.4 is 10.5 Å². The lowest BCUT2D eigenvalue weighted by Gasteiger charge is -2.08. The van der Waals surface area contributed by atoms with Crippen molar-refractivity contribution in [3.63, 3.8) is 0 Å². The van der Waals surface area contributed by atoms with Gasteiger partial charge in [-0.3, -0.25) is 4.79 Å². The summed E-state index contributed by atoms with van der Waals surface area (Å²) in [6.07, 6.45) is 0. The monoisotopic (exact) mass is 305 g/mol. The van der Waals surface area contributed by atoms with Crippen LogP contribution in [0, 0.1) is 0 Å². The molecule has 0 aliphatic rings. The normalized spacial score (nSPS) is 10.1.